The molecule has 1 aliphatic carbocycles. The van der Waals surface area contributed by atoms with Gasteiger partial charge in [0.15, 0.2) is 0 Å². The van der Waals surface area contributed by atoms with E-state index in [1.165, 1.54) is 10.4 Å². The van der Waals surface area contributed by atoms with Gasteiger partial charge in [0.2, 0.25) is 11.8 Å². The number of nitrogens with zero attached hydrogens (tertiary/aromatic N) is 3. The van der Waals surface area contributed by atoms with Gasteiger partial charge in [0, 0.05) is 30.0 Å². The normalized spacial score (nSPS) is 24.7. The maximum absolute atomic E-state index is 13.9. The van der Waals surface area contributed by atoms with Crippen LogP contribution in [0, 0.1) is 29.1 Å². The van der Waals surface area contributed by atoms with Crippen molar-refractivity contribution in [2.45, 2.75) is 77.5 Å². The van der Waals surface area contributed by atoms with E-state index < -0.39 is 40.8 Å². The second-order valence-corrected chi connectivity index (χ2v) is 13.0. The van der Waals surface area contributed by atoms with Crippen LogP contribution in [0.3, 0.4) is 0 Å². The van der Waals surface area contributed by atoms with E-state index >= 15 is 0 Å². The van der Waals surface area contributed by atoms with Crippen LogP contribution in [0.1, 0.15) is 63.5 Å². The van der Waals surface area contributed by atoms with E-state index in [0.717, 1.165) is 11.1 Å². The number of thiophene rings is 1. The lowest BCUT2D eigenvalue weighted by Crippen LogP contribution is -2.57. The van der Waals surface area contributed by atoms with Crippen molar-refractivity contribution >= 4 is 34.8 Å². The van der Waals surface area contributed by atoms with Gasteiger partial charge in [-0.2, -0.15) is 5.26 Å². The number of benzene rings is 1. The van der Waals surface area contributed by atoms with Crippen LogP contribution in [-0.4, -0.2) is 58.2 Å². The van der Waals surface area contributed by atoms with Crippen molar-refractivity contribution in [2.75, 3.05) is 6.54 Å². The number of carbonyl (C=O) groups excluding carboxylic acids is 3. The summed E-state index contributed by atoms with van der Waals surface area (Å²) < 4.78 is 0. The monoisotopic (exact) mass is 546 g/mol. The number of likely N-dealkylation sites (tertiary alicyclic amines) is 1. The van der Waals surface area contributed by atoms with E-state index in [-0.39, 0.29) is 24.8 Å². The van der Waals surface area contributed by atoms with Crippen LogP contribution in [0.4, 0.5) is 0 Å². The molecular weight excluding hydrogens is 512 g/mol. The van der Waals surface area contributed by atoms with Crippen molar-refractivity contribution < 1.29 is 19.5 Å². The fraction of sp³-hybridized carbons (Fsp3) is 0.500. The zero-order valence-electron chi connectivity index (χ0n) is 22.7. The van der Waals surface area contributed by atoms with Gasteiger partial charge in [-0.15, -0.1) is 11.3 Å². The number of amides is 3. The number of nitrogens with one attached hydrogen (secondary N) is 1. The summed E-state index contributed by atoms with van der Waals surface area (Å²) in [4.78, 5) is 46.9. The molecule has 1 saturated carbocycles. The molecular formula is C30H34N4O4S. The van der Waals surface area contributed by atoms with Crippen LogP contribution in [0.15, 0.2) is 40.7 Å². The molecule has 1 saturated heterocycles. The summed E-state index contributed by atoms with van der Waals surface area (Å²) in [5.74, 6) is -1.44. The van der Waals surface area contributed by atoms with Crippen LogP contribution >= 0.6 is 11.3 Å². The molecule has 39 heavy (non-hydrogen) atoms. The van der Waals surface area contributed by atoms with Crippen molar-refractivity contribution in [3.8, 4) is 16.5 Å². The summed E-state index contributed by atoms with van der Waals surface area (Å²) in [5, 5.41) is 24.9. The average molecular weight is 547 g/mol. The zero-order chi connectivity index (χ0) is 28.1. The predicted octanol–water partition coefficient (Wildman–Crippen LogP) is 3.97. The second kappa shape index (κ2) is 10.00. The molecule has 0 bridgehead atoms. The third-order valence-electron chi connectivity index (χ3n) is 8.14. The first kappa shape index (κ1) is 27.2. The highest BCUT2D eigenvalue weighted by Crippen LogP contribution is 2.45. The van der Waals surface area contributed by atoms with Crippen molar-refractivity contribution in [1.82, 2.24) is 10.2 Å². The van der Waals surface area contributed by atoms with Gasteiger partial charge in [-0.25, -0.2) is 4.99 Å². The Hall–Kier alpha value is -3.35. The quantitative estimate of drug-likeness (QED) is 0.568. The molecule has 2 aromatic rings. The van der Waals surface area contributed by atoms with Crippen LogP contribution in [0.5, 0.6) is 0 Å². The van der Waals surface area contributed by atoms with Gasteiger partial charge in [0.1, 0.15) is 11.5 Å². The third-order valence-corrected chi connectivity index (χ3v) is 9.20. The lowest BCUT2D eigenvalue weighted by Gasteiger charge is -2.36. The zero-order valence-corrected chi connectivity index (χ0v) is 23.5. The summed E-state index contributed by atoms with van der Waals surface area (Å²) in [5.41, 5.74) is 2.09. The number of nitriles is 1. The third kappa shape index (κ3) is 5.15. The fourth-order valence-corrected chi connectivity index (χ4v) is 6.47. The first-order chi connectivity index (χ1) is 18.4. The fourth-order valence-electron chi connectivity index (χ4n) is 5.54. The van der Waals surface area contributed by atoms with E-state index in [9.17, 15) is 24.8 Å². The molecule has 9 heteroatoms. The van der Waals surface area contributed by atoms with Gasteiger partial charge in [-0.05, 0) is 53.3 Å². The first-order valence-electron chi connectivity index (χ1n) is 13.4. The highest BCUT2D eigenvalue weighted by molar-refractivity contribution is 7.13. The lowest BCUT2D eigenvalue weighted by atomic mass is 9.84. The van der Waals surface area contributed by atoms with E-state index in [0.29, 0.717) is 25.0 Å². The molecule has 5 rings (SSSR count). The number of aliphatic hydroxyl groups is 1. The summed E-state index contributed by atoms with van der Waals surface area (Å²) in [6.07, 6.45) is 0.879. The minimum absolute atomic E-state index is 0.0993. The van der Waals surface area contributed by atoms with Crippen LogP contribution < -0.4 is 5.32 Å². The molecule has 3 amide bonds. The maximum atomic E-state index is 13.9. The Morgan fingerprint density at radius 3 is 2.49 bits per heavy atom. The molecule has 1 aromatic carbocycles. The van der Waals surface area contributed by atoms with Gasteiger partial charge in [0.05, 0.1) is 24.1 Å². The van der Waals surface area contributed by atoms with E-state index in [1.54, 1.807) is 16.2 Å². The number of aryl methyl sites for hydroxylation is 1. The van der Waals surface area contributed by atoms with Crippen molar-refractivity contribution in [2.24, 2.45) is 15.8 Å². The Morgan fingerprint density at radius 1 is 1.23 bits per heavy atom. The molecule has 3 heterocycles. The van der Waals surface area contributed by atoms with Crippen molar-refractivity contribution in [3.05, 3.63) is 46.8 Å². The highest BCUT2D eigenvalue weighted by atomic mass is 32.1. The Balaban J connectivity index is 1.33. The summed E-state index contributed by atoms with van der Waals surface area (Å²) in [7, 11) is 0. The molecule has 4 unspecified atom stereocenters. The summed E-state index contributed by atoms with van der Waals surface area (Å²) in [6, 6.07) is 10.7. The molecule has 2 aliphatic heterocycles. The molecule has 2 fully saturated rings. The molecule has 1 aromatic heterocycles. The molecule has 4 atom stereocenters. The van der Waals surface area contributed by atoms with Gasteiger partial charge in [0.25, 0.3) is 5.91 Å². The number of aliphatic hydroxyl groups excluding tert-OH is 1. The topological polar surface area (TPSA) is 123 Å². The summed E-state index contributed by atoms with van der Waals surface area (Å²) >= 11 is 1.68. The van der Waals surface area contributed by atoms with E-state index in [2.05, 4.69) is 34.7 Å². The van der Waals surface area contributed by atoms with Crippen molar-refractivity contribution in [3.63, 3.8) is 0 Å². The summed E-state index contributed by atoms with van der Waals surface area (Å²) in [6.45, 7) is 7.75. The Morgan fingerprint density at radius 2 is 1.92 bits per heavy atom. The molecule has 8 nitrogen and oxygen atoms in total. The molecule has 204 valence electrons. The van der Waals surface area contributed by atoms with Gasteiger partial charge >= 0.3 is 0 Å². The highest BCUT2D eigenvalue weighted by Gasteiger charge is 2.53. The van der Waals surface area contributed by atoms with Gasteiger partial charge in [-0.1, -0.05) is 45.0 Å². The predicted molar refractivity (Wildman–Crippen MR) is 149 cm³/mol. The smallest absolute Gasteiger partial charge is 0.253 e. The van der Waals surface area contributed by atoms with Crippen LogP contribution in [0.2, 0.25) is 0 Å². The van der Waals surface area contributed by atoms with Crippen LogP contribution in [-0.2, 0) is 14.4 Å². The van der Waals surface area contributed by atoms with Gasteiger partial charge < -0.3 is 15.3 Å². The molecule has 0 radical (unpaired) electrons. The van der Waals surface area contributed by atoms with Gasteiger partial charge in [-0.3, -0.25) is 14.4 Å². The molecule has 2 N–H and O–H groups in total. The van der Waals surface area contributed by atoms with E-state index in [1.807, 2.05) is 45.0 Å². The SMILES string of the molecule is Cc1ccsc1-c1ccc(C2CC(C3CC(O)CN3C(=O)C(NC(=O)C3(C#N)CC3)C(C)(C)C)=NC2=O)cc1. The Kier molecular flexibility index (Phi) is 6.98. The number of hydrogen-bond donors (Lipinski definition) is 2. The lowest BCUT2D eigenvalue weighted by molar-refractivity contribution is -0.140. The molecule has 0 spiro atoms. The number of hydrogen-bond acceptors (Lipinski definition) is 6. The minimum atomic E-state index is -1.05. The minimum Gasteiger partial charge on any atom is -0.391 e. The number of aliphatic imine (C=N–C) groups is 1. The Labute approximate surface area is 232 Å². The number of rotatable bonds is 6. The molecule has 3 aliphatic rings. The number of carbonyl (C=O) groups is 3. The van der Waals surface area contributed by atoms with Crippen molar-refractivity contribution in [1.29, 1.82) is 5.26 Å². The standard InChI is InChI=1S/C30H34N4O4S/c1-17-9-12-39-24(17)19-7-5-18(6-8-19)21-14-22(32-26(21)36)23-13-20(35)15-34(23)27(37)25(29(2,3)4)33-28(38)30(16-31)10-11-30/h5-9,12,20-21,23,25,35H,10-11,13-15H2,1-4H3,(H,33,38). The second-order valence-electron chi connectivity index (χ2n) is 12.1. The largest absolute Gasteiger partial charge is 0.391 e. The number of β-amino-alcohol motifs (C(OH)–C–C–N with tert-alkyl or cyclic N) is 1. The average Bonchev–Trinajstić information content (AvgIpc) is 3.18. The van der Waals surface area contributed by atoms with Crippen LogP contribution in [0.25, 0.3) is 10.4 Å². The van der Waals surface area contributed by atoms with E-state index in [4.69, 9.17) is 0 Å². The maximum Gasteiger partial charge on any atom is 0.253 e. The first-order valence-corrected chi connectivity index (χ1v) is 14.3. The Bertz CT molecular complexity index is 1380.